The number of nitrogens with one attached hydrogen (secondary N) is 1. The van der Waals surface area contributed by atoms with Crippen LogP contribution in [-0.4, -0.2) is 18.5 Å². The molecule has 0 spiro atoms. The van der Waals surface area contributed by atoms with Gasteiger partial charge in [0.05, 0.1) is 11.7 Å². The SMILES string of the molecule is CC(Cc1ccco1)NC(=O)C(C)(C)CN. The van der Waals surface area contributed by atoms with Crippen molar-refractivity contribution in [3.63, 3.8) is 0 Å². The van der Waals surface area contributed by atoms with Crippen molar-refractivity contribution >= 4 is 5.91 Å². The third-order valence-electron chi connectivity index (χ3n) is 2.59. The second-order valence-corrected chi connectivity index (χ2v) is 4.75. The van der Waals surface area contributed by atoms with Gasteiger partial charge in [0.1, 0.15) is 5.76 Å². The Kier molecular flexibility index (Phi) is 4.12. The third-order valence-corrected chi connectivity index (χ3v) is 2.59. The average molecular weight is 224 g/mol. The van der Waals surface area contributed by atoms with E-state index in [2.05, 4.69) is 5.32 Å². The number of carbonyl (C=O) groups excluding carboxylic acids is 1. The minimum absolute atomic E-state index is 0.0194. The fourth-order valence-corrected chi connectivity index (χ4v) is 1.29. The maximum Gasteiger partial charge on any atom is 0.227 e. The van der Waals surface area contributed by atoms with E-state index in [1.165, 1.54) is 0 Å². The lowest BCUT2D eigenvalue weighted by molar-refractivity contribution is -0.129. The molecule has 0 aromatic carbocycles. The summed E-state index contributed by atoms with van der Waals surface area (Å²) in [5, 5.41) is 2.93. The maximum absolute atomic E-state index is 11.8. The van der Waals surface area contributed by atoms with Crippen molar-refractivity contribution in [1.82, 2.24) is 5.32 Å². The van der Waals surface area contributed by atoms with E-state index in [0.717, 1.165) is 5.76 Å². The molecule has 3 N–H and O–H groups in total. The number of amides is 1. The molecule has 0 aliphatic heterocycles. The first-order valence-corrected chi connectivity index (χ1v) is 5.49. The zero-order chi connectivity index (χ0) is 12.2. The van der Waals surface area contributed by atoms with Crippen LogP contribution in [0.1, 0.15) is 26.5 Å². The van der Waals surface area contributed by atoms with Crippen LogP contribution in [-0.2, 0) is 11.2 Å². The Hall–Kier alpha value is -1.29. The standard InChI is InChI=1S/C12H20N2O2/c1-9(7-10-5-4-6-16-10)14-11(15)12(2,3)8-13/h4-6,9H,7-8,13H2,1-3H3,(H,14,15). The molecule has 0 aliphatic carbocycles. The summed E-state index contributed by atoms with van der Waals surface area (Å²) in [5.41, 5.74) is 5.02. The molecule has 16 heavy (non-hydrogen) atoms. The Labute approximate surface area is 96.2 Å². The van der Waals surface area contributed by atoms with Crippen molar-refractivity contribution in [3.8, 4) is 0 Å². The van der Waals surface area contributed by atoms with Gasteiger partial charge in [-0.05, 0) is 32.9 Å². The summed E-state index contributed by atoms with van der Waals surface area (Å²) < 4.78 is 5.22. The molecule has 1 atom stereocenters. The van der Waals surface area contributed by atoms with Crippen LogP contribution in [0, 0.1) is 5.41 Å². The van der Waals surface area contributed by atoms with Gasteiger partial charge in [-0.1, -0.05) is 0 Å². The van der Waals surface area contributed by atoms with Crippen molar-refractivity contribution in [2.75, 3.05) is 6.54 Å². The lowest BCUT2D eigenvalue weighted by atomic mass is 9.92. The largest absolute Gasteiger partial charge is 0.469 e. The van der Waals surface area contributed by atoms with E-state index in [4.69, 9.17) is 10.2 Å². The van der Waals surface area contributed by atoms with Gasteiger partial charge in [-0.15, -0.1) is 0 Å². The van der Waals surface area contributed by atoms with E-state index in [0.29, 0.717) is 13.0 Å². The van der Waals surface area contributed by atoms with Gasteiger partial charge in [0, 0.05) is 19.0 Å². The van der Waals surface area contributed by atoms with Gasteiger partial charge in [-0.25, -0.2) is 0 Å². The van der Waals surface area contributed by atoms with Crippen LogP contribution in [0.4, 0.5) is 0 Å². The third kappa shape index (κ3) is 3.38. The van der Waals surface area contributed by atoms with Crippen LogP contribution >= 0.6 is 0 Å². The minimum atomic E-state index is -0.516. The predicted octanol–water partition coefficient (Wildman–Crippen LogP) is 1.31. The average Bonchev–Trinajstić information content (AvgIpc) is 2.70. The van der Waals surface area contributed by atoms with Gasteiger partial charge in [-0.3, -0.25) is 4.79 Å². The van der Waals surface area contributed by atoms with Gasteiger partial charge in [0.25, 0.3) is 0 Å². The second-order valence-electron chi connectivity index (χ2n) is 4.75. The van der Waals surface area contributed by atoms with Gasteiger partial charge >= 0.3 is 0 Å². The van der Waals surface area contributed by atoms with Crippen molar-refractivity contribution in [2.45, 2.75) is 33.2 Å². The smallest absolute Gasteiger partial charge is 0.227 e. The van der Waals surface area contributed by atoms with E-state index in [1.54, 1.807) is 6.26 Å². The number of hydrogen-bond donors (Lipinski definition) is 2. The number of carbonyl (C=O) groups is 1. The van der Waals surface area contributed by atoms with Gasteiger partial charge in [-0.2, -0.15) is 0 Å². The summed E-state index contributed by atoms with van der Waals surface area (Å²) in [7, 11) is 0. The molecule has 1 unspecified atom stereocenters. The number of nitrogens with two attached hydrogens (primary N) is 1. The summed E-state index contributed by atoms with van der Waals surface area (Å²) >= 11 is 0. The summed E-state index contributed by atoms with van der Waals surface area (Å²) in [4.78, 5) is 11.8. The lowest BCUT2D eigenvalue weighted by Crippen LogP contribution is -2.45. The Balaban J connectivity index is 2.46. The molecule has 4 nitrogen and oxygen atoms in total. The Morgan fingerprint density at radius 3 is 2.81 bits per heavy atom. The molecule has 4 heteroatoms. The first-order valence-electron chi connectivity index (χ1n) is 5.49. The Bertz CT molecular complexity index is 331. The van der Waals surface area contributed by atoms with Crippen LogP contribution in [0.5, 0.6) is 0 Å². The van der Waals surface area contributed by atoms with Crippen LogP contribution in [0.25, 0.3) is 0 Å². The summed E-state index contributed by atoms with van der Waals surface area (Å²) in [6, 6.07) is 3.79. The topological polar surface area (TPSA) is 68.3 Å². The summed E-state index contributed by atoms with van der Waals surface area (Å²) in [5.74, 6) is 0.854. The molecule has 1 heterocycles. The highest BCUT2D eigenvalue weighted by atomic mass is 16.3. The van der Waals surface area contributed by atoms with Gasteiger partial charge in [0.2, 0.25) is 5.91 Å². The summed E-state index contributed by atoms with van der Waals surface area (Å²) in [6.45, 7) is 5.96. The minimum Gasteiger partial charge on any atom is -0.469 e. The molecule has 0 saturated carbocycles. The number of hydrogen-bond acceptors (Lipinski definition) is 3. The fraction of sp³-hybridized carbons (Fsp3) is 0.583. The molecule has 0 bridgehead atoms. The molecule has 1 aromatic heterocycles. The zero-order valence-corrected chi connectivity index (χ0v) is 10.1. The van der Waals surface area contributed by atoms with Gasteiger partial charge in [0.15, 0.2) is 0 Å². The molecule has 1 aromatic rings. The molecular weight excluding hydrogens is 204 g/mol. The first kappa shape index (κ1) is 12.8. The Morgan fingerprint density at radius 1 is 1.62 bits per heavy atom. The van der Waals surface area contributed by atoms with Crippen molar-refractivity contribution in [1.29, 1.82) is 0 Å². The molecule has 0 fully saturated rings. The molecule has 90 valence electrons. The normalized spacial score (nSPS) is 13.5. The highest BCUT2D eigenvalue weighted by molar-refractivity contribution is 5.82. The van der Waals surface area contributed by atoms with E-state index in [9.17, 15) is 4.79 Å². The molecule has 1 amide bonds. The molecule has 0 aliphatic rings. The zero-order valence-electron chi connectivity index (χ0n) is 10.1. The van der Waals surface area contributed by atoms with E-state index in [-0.39, 0.29) is 11.9 Å². The predicted molar refractivity (Wildman–Crippen MR) is 62.9 cm³/mol. The van der Waals surface area contributed by atoms with Crippen LogP contribution in [0.3, 0.4) is 0 Å². The highest BCUT2D eigenvalue weighted by Gasteiger charge is 2.26. The van der Waals surface area contributed by atoms with Crippen molar-refractivity contribution < 1.29 is 9.21 Å². The van der Waals surface area contributed by atoms with Crippen LogP contribution in [0.15, 0.2) is 22.8 Å². The number of furan rings is 1. The first-order chi connectivity index (χ1) is 7.45. The van der Waals surface area contributed by atoms with Crippen molar-refractivity contribution in [2.24, 2.45) is 11.1 Å². The highest BCUT2D eigenvalue weighted by Crippen LogP contribution is 2.13. The van der Waals surface area contributed by atoms with Crippen molar-refractivity contribution in [3.05, 3.63) is 24.2 Å². The molecule has 0 radical (unpaired) electrons. The van der Waals surface area contributed by atoms with Crippen LogP contribution < -0.4 is 11.1 Å². The maximum atomic E-state index is 11.8. The second kappa shape index (κ2) is 5.16. The summed E-state index contributed by atoms with van der Waals surface area (Å²) in [6.07, 6.45) is 2.33. The van der Waals surface area contributed by atoms with Gasteiger partial charge < -0.3 is 15.5 Å². The monoisotopic (exact) mass is 224 g/mol. The number of rotatable bonds is 5. The molecule has 0 saturated heterocycles. The van der Waals surface area contributed by atoms with E-state index >= 15 is 0 Å². The fourth-order valence-electron chi connectivity index (χ4n) is 1.29. The lowest BCUT2D eigenvalue weighted by Gasteiger charge is -2.24. The van der Waals surface area contributed by atoms with E-state index < -0.39 is 5.41 Å². The molecular formula is C12H20N2O2. The Morgan fingerprint density at radius 2 is 2.31 bits per heavy atom. The quantitative estimate of drug-likeness (QED) is 0.792. The van der Waals surface area contributed by atoms with E-state index in [1.807, 2.05) is 32.9 Å². The van der Waals surface area contributed by atoms with Crippen LogP contribution in [0.2, 0.25) is 0 Å². The molecule has 1 rings (SSSR count).